The maximum Gasteiger partial charge on any atom is 0.320 e. The first-order chi connectivity index (χ1) is 12.2. The van der Waals surface area contributed by atoms with Crippen molar-refractivity contribution in [3.05, 3.63) is 65.8 Å². The summed E-state index contributed by atoms with van der Waals surface area (Å²) in [6.07, 6.45) is 0.657. The summed E-state index contributed by atoms with van der Waals surface area (Å²) in [7, 11) is 0. The highest BCUT2D eigenvalue weighted by molar-refractivity contribution is 8.01. The number of hydrogen-bond donors (Lipinski definition) is 0. The highest BCUT2D eigenvalue weighted by Gasteiger charge is 2.29. The summed E-state index contributed by atoms with van der Waals surface area (Å²) < 4.78 is 23.3. The fourth-order valence-corrected chi connectivity index (χ4v) is 3.76. The maximum atomic E-state index is 12.9. The van der Waals surface area contributed by atoms with Crippen molar-refractivity contribution < 1.29 is 18.4 Å². The van der Waals surface area contributed by atoms with Crippen LogP contribution in [0.25, 0.3) is 11.4 Å². The number of carbonyl (C=O) groups excluding carboxylic acids is 1. The molecule has 7 heteroatoms. The van der Waals surface area contributed by atoms with Crippen LogP contribution in [-0.4, -0.2) is 21.4 Å². The van der Waals surface area contributed by atoms with E-state index in [1.807, 2.05) is 24.3 Å². The quantitative estimate of drug-likeness (QED) is 0.665. The molecule has 0 spiro atoms. The van der Waals surface area contributed by atoms with Crippen LogP contribution in [0.15, 0.2) is 57.9 Å². The van der Waals surface area contributed by atoms with Crippen LogP contribution in [0.1, 0.15) is 11.5 Å². The van der Waals surface area contributed by atoms with E-state index in [0.29, 0.717) is 17.8 Å². The van der Waals surface area contributed by atoms with Gasteiger partial charge in [0.2, 0.25) is 5.82 Å². The molecule has 1 aromatic heterocycles. The molecule has 1 aliphatic heterocycles. The normalized spacial score (nSPS) is 15.8. The second-order valence-corrected chi connectivity index (χ2v) is 6.79. The van der Waals surface area contributed by atoms with E-state index in [-0.39, 0.29) is 29.5 Å². The lowest BCUT2D eigenvalue weighted by atomic mass is 10.1. The summed E-state index contributed by atoms with van der Waals surface area (Å²) in [6, 6.07) is 13.7. The van der Waals surface area contributed by atoms with Crippen LogP contribution in [0, 0.1) is 5.82 Å². The van der Waals surface area contributed by atoms with Crippen molar-refractivity contribution in [1.29, 1.82) is 0 Å². The van der Waals surface area contributed by atoms with Gasteiger partial charge in [0.1, 0.15) is 11.1 Å². The number of nitrogens with zero attached hydrogens (tertiary/aromatic N) is 2. The summed E-state index contributed by atoms with van der Waals surface area (Å²) in [5.74, 6) is -0.110. The third kappa shape index (κ3) is 3.41. The molecule has 1 unspecified atom stereocenters. The number of fused-ring (bicyclic) bond motifs is 1. The van der Waals surface area contributed by atoms with E-state index in [9.17, 15) is 9.18 Å². The predicted octanol–water partition coefficient (Wildman–Crippen LogP) is 3.64. The SMILES string of the molecule is O=C(OCc1nc(-c2ccc(F)cc2)no1)C1Cc2ccccc2S1. The zero-order chi connectivity index (χ0) is 17.2. The van der Waals surface area contributed by atoms with Crippen LogP contribution in [-0.2, 0) is 22.6 Å². The Kier molecular flexibility index (Phi) is 4.23. The van der Waals surface area contributed by atoms with Crippen molar-refractivity contribution in [1.82, 2.24) is 10.1 Å². The van der Waals surface area contributed by atoms with Gasteiger partial charge in [0.15, 0.2) is 6.61 Å². The van der Waals surface area contributed by atoms with Gasteiger partial charge in [-0.05, 0) is 42.3 Å². The van der Waals surface area contributed by atoms with Gasteiger partial charge in [-0.2, -0.15) is 4.98 Å². The largest absolute Gasteiger partial charge is 0.455 e. The van der Waals surface area contributed by atoms with Crippen LogP contribution in [0.5, 0.6) is 0 Å². The van der Waals surface area contributed by atoms with Crippen molar-refractivity contribution in [2.75, 3.05) is 0 Å². The van der Waals surface area contributed by atoms with E-state index >= 15 is 0 Å². The van der Waals surface area contributed by atoms with Gasteiger partial charge >= 0.3 is 5.97 Å². The summed E-state index contributed by atoms with van der Waals surface area (Å²) in [4.78, 5) is 17.5. The average Bonchev–Trinajstić information content (AvgIpc) is 3.27. The Morgan fingerprint density at radius 1 is 1.24 bits per heavy atom. The molecule has 126 valence electrons. The van der Waals surface area contributed by atoms with E-state index in [2.05, 4.69) is 10.1 Å². The molecule has 0 saturated carbocycles. The van der Waals surface area contributed by atoms with Gasteiger partial charge in [-0.25, -0.2) is 4.39 Å². The molecule has 0 saturated heterocycles. The number of carbonyl (C=O) groups is 1. The van der Waals surface area contributed by atoms with Crippen molar-refractivity contribution in [2.24, 2.45) is 0 Å². The van der Waals surface area contributed by atoms with Gasteiger partial charge in [-0.15, -0.1) is 11.8 Å². The minimum Gasteiger partial charge on any atom is -0.455 e. The Labute approximate surface area is 147 Å². The number of rotatable bonds is 4. The molecule has 0 N–H and O–H groups in total. The maximum absolute atomic E-state index is 12.9. The summed E-state index contributed by atoms with van der Waals surface area (Å²) in [5, 5.41) is 3.57. The summed E-state index contributed by atoms with van der Waals surface area (Å²) in [5.41, 5.74) is 1.79. The molecule has 2 aromatic carbocycles. The fraction of sp³-hybridized carbons (Fsp3) is 0.167. The number of esters is 1. The molecule has 25 heavy (non-hydrogen) atoms. The third-order valence-corrected chi connectivity index (χ3v) is 5.11. The van der Waals surface area contributed by atoms with E-state index in [1.165, 1.54) is 23.9 Å². The fourth-order valence-electron chi connectivity index (χ4n) is 2.57. The topological polar surface area (TPSA) is 65.2 Å². The highest BCUT2D eigenvalue weighted by Crippen LogP contribution is 2.37. The molecule has 0 amide bonds. The molecule has 0 aliphatic carbocycles. The van der Waals surface area contributed by atoms with Gasteiger partial charge in [0.05, 0.1) is 0 Å². The Morgan fingerprint density at radius 2 is 2.04 bits per heavy atom. The van der Waals surface area contributed by atoms with Gasteiger partial charge in [-0.3, -0.25) is 4.79 Å². The molecule has 5 nitrogen and oxygen atoms in total. The zero-order valence-electron chi connectivity index (χ0n) is 13.0. The Hall–Kier alpha value is -2.67. The van der Waals surface area contributed by atoms with Crippen molar-refractivity contribution in [3.8, 4) is 11.4 Å². The lowest BCUT2D eigenvalue weighted by molar-refractivity contribution is -0.145. The van der Waals surface area contributed by atoms with Gasteiger partial charge in [0.25, 0.3) is 5.89 Å². The van der Waals surface area contributed by atoms with Crippen LogP contribution in [0.4, 0.5) is 4.39 Å². The Bertz CT molecular complexity index is 886. The zero-order valence-corrected chi connectivity index (χ0v) is 13.8. The Balaban J connectivity index is 1.36. The van der Waals surface area contributed by atoms with Gasteiger partial charge in [0, 0.05) is 10.5 Å². The highest BCUT2D eigenvalue weighted by atomic mass is 32.2. The lowest BCUT2D eigenvalue weighted by Crippen LogP contribution is -2.19. The predicted molar refractivity (Wildman–Crippen MR) is 89.3 cm³/mol. The van der Waals surface area contributed by atoms with Crippen LogP contribution < -0.4 is 0 Å². The van der Waals surface area contributed by atoms with Crippen LogP contribution in [0.2, 0.25) is 0 Å². The molecule has 0 fully saturated rings. The number of thioether (sulfide) groups is 1. The minimum atomic E-state index is -0.337. The smallest absolute Gasteiger partial charge is 0.320 e. The molecule has 0 radical (unpaired) electrons. The molecular weight excluding hydrogens is 343 g/mol. The monoisotopic (exact) mass is 356 g/mol. The molecule has 0 bridgehead atoms. The van der Waals surface area contributed by atoms with Crippen molar-refractivity contribution in [3.63, 3.8) is 0 Å². The number of halogens is 1. The van der Waals surface area contributed by atoms with E-state index in [4.69, 9.17) is 9.26 Å². The average molecular weight is 356 g/mol. The summed E-state index contributed by atoms with van der Waals surface area (Å²) >= 11 is 1.51. The first kappa shape index (κ1) is 15.8. The van der Waals surface area contributed by atoms with Gasteiger partial charge < -0.3 is 9.26 Å². The first-order valence-corrected chi connectivity index (χ1v) is 8.57. The Morgan fingerprint density at radius 3 is 2.84 bits per heavy atom. The van der Waals surface area contributed by atoms with Gasteiger partial charge in [-0.1, -0.05) is 23.4 Å². The number of ether oxygens (including phenoxy) is 1. The molecular formula is C18H13FN2O3S. The standard InChI is InChI=1S/C18H13FN2O3S/c19-13-7-5-11(6-8-13)17-20-16(24-21-17)10-23-18(22)15-9-12-3-1-2-4-14(12)25-15/h1-8,15H,9-10H2. The minimum absolute atomic E-state index is 0.0829. The van der Waals surface area contributed by atoms with E-state index in [0.717, 1.165) is 10.5 Å². The number of benzene rings is 2. The number of aromatic nitrogens is 2. The molecule has 4 rings (SSSR count). The number of hydrogen-bond acceptors (Lipinski definition) is 6. The lowest BCUT2D eigenvalue weighted by Gasteiger charge is -2.06. The van der Waals surface area contributed by atoms with E-state index in [1.54, 1.807) is 12.1 Å². The molecule has 1 aliphatic rings. The van der Waals surface area contributed by atoms with Crippen molar-refractivity contribution in [2.45, 2.75) is 23.2 Å². The summed E-state index contributed by atoms with van der Waals surface area (Å²) in [6.45, 7) is -0.0829. The second kappa shape index (κ2) is 6.68. The second-order valence-electron chi connectivity index (χ2n) is 5.54. The first-order valence-electron chi connectivity index (χ1n) is 7.69. The third-order valence-electron chi connectivity index (χ3n) is 3.82. The van der Waals surface area contributed by atoms with E-state index < -0.39 is 0 Å². The molecule has 3 aromatic rings. The van der Waals surface area contributed by atoms with Crippen molar-refractivity contribution >= 4 is 17.7 Å². The van der Waals surface area contributed by atoms with Crippen LogP contribution >= 0.6 is 11.8 Å². The van der Waals surface area contributed by atoms with Crippen LogP contribution in [0.3, 0.4) is 0 Å². The molecule has 1 atom stereocenters. The molecule has 2 heterocycles.